The van der Waals surface area contributed by atoms with Gasteiger partial charge < -0.3 is 39.9 Å². The van der Waals surface area contributed by atoms with Crippen LogP contribution in [0, 0.1) is 29.1 Å². The zero-order chi connectivity index (χ0) is 43.5. The van der Waals surface area contributed by atoms with Gasteiger partial charge in [0.25, 0.3) is 0 Å². The smallest absolute Gasteiger partial charge is 0.407 e. The van der Waals surface area contributed by atoms with Crippen molar-refractivity contribution in [1.82, 2.24) is 40.4 Å². The molecular weight excluding hydrogens is 775 g/mol. The van der Waals surface area contributed by atoms with Crippen molar-refractivity contribution in [2.75, 3.05) is 27.3 Å². The molecule has 5 atom stereocenters. The van der Waals surface area contributed by atoms with Crippen LogP contribution in [0.25, 0.3) is 44.4 Å². The number of amides is 4. The summed E-state index contributed by atoms with van der Waals surface area (Å²) in [6.07, 6.45) is 3.23. The first-order valence-corrected chi connectivity index (χ1v) is 20.4. The lowest BCUT2D eigenvalue weighted by molar-refractivity contribution is -0.136. The third-order valence-corrected chi connectivity index (χ3v) is 11.7. The number of ether oxygens (including phenoxy) is 2. The van der Waals surface area contributed by atoms with E-state index in [1.807, 2.05) is 45.9 Å². The first-order chi connectivity index (χ1) is 29.3. The molecule has 2 aromatic heterocycles. The predicted octanol–water partition coefficient (Wildman–Crippen LogP) is 7.29. The maximum absolute atomic E-state index is 13.7. The highest BCUT2D eigenvalue weighted by molar-refractivity contribution is 5.91. The van der Waals surface area contributed by atoms with Crippen LogP contribution in [-0.4, -0.2) is 93.1 Å². The number of alkyl carbamates (subject to hydrolysis) is 2. The highest BCUT2D eigenvalue weighted by Gasteiger charge is 2.42. The zero-order valence-electron chi connectivity index (χ0n) is 35.2. The normalized spacial score (nSPS) is 18.6. The number of carbonyl (C=O) groups is 4. The van der Waals surface area contributed by atoms with Crippen LogP contribution in [0.15, 0.2) is 85.2 Å². The Balaban J connectivity index is 1.05. The number of nitriles is 1. The summed E-state index contributed by atoms with van der Waals surface area (Å²) < 4.78 is 9.52. The summed E-state index contributed by atoms with van der Waals surface area (Å²) in [5.74, 6) is -0.0158. The molecule has 0 spiro atoms. The lowest BCUT2D eigenvalue weighted by Crippen LogP contribution is -2.51. The van der Waals surface area contributed by atoms with Crippen molar-refractivity contribution in [2.45, 2.75) is 64.7 Å². The van der Waals surface area contributed by atoms with Crippen LogP contribution < -0.4 is 10.6 Å². The monoisotopic (exact) mass is 825 g/mol. The number of nitrogens with one attached hydrogen (secondary N) is 4. The van der Waals surface area contributed by atoms with Gasteiger partial charge in [0, 0.05) is 18.7 Å². The number of fused-ring (bicyclic) bond motifs is 1. The van der Waals surface area contributed by atoms with Crippen LogP contribution in [0.5, 0.6) is 0 Å². The van der Waals surface area contributed by atoms with E-state index in [0.717, 1.165) is 50.0 Å². The summed E-state index contributed by atoms with van der Waals surface area (Å²) in [4.78, 5) is 71.0. The van der Waals surface area contributed by atoms with Crippen molar-refractivity contribution in [3.63, 3.8) is 0 Å². The maximum Gasteiger partial charge on any atom is 0.407 e. The molecule has 4 N–H and O–H groups in total. The second-order valence-electron chi connectivity index (χ2n) is 16.3. The number of likely N-dealkylation sites (tertiary alicyclic amines) is 2. The second kappa shape index (κ2) is 17.7. The van der Waals surface area contributed by atoms with Gasteiger partial charge in [0.2, 0.25) is 11.8 Å². The van der Waals surface area contributed by atoms with Crippen LogP contribution in [-0.2, 0) is 19.1 Å². The number of aromatic amines is 2. The minimum absolute atomic E-state index is 0.152. The SMILES string of the molecule is C=C1CCN(C(=O)[C@@H](NC(=O)OC)C(C)C)[C@@H]1c1ncc(-c2ccc3cc(-c4ccc(-c5cnc([C@@H]6C[C@H](C#N)CN6C(=O)[C@@H](NC(=O)OC)C(C)C)[nH]5)cc4)ccc3c2)[nH]1. The van der Waals surface area contributed by atoms with Gasteiger partial charge in [-0.25, -0.2) is 19.6 Å². The summed E-state index contributed by atoms with van der Waals surface area (Å²) >= 11 is 0. The van der Waals surface area contributed by atoms with Gasteiger partial charge in [-0.3, -0.25) is 9.59 Å². The van der Waals surface area contributed by atoms with Crippen LogP contribution in [0.4, 0.5) is 9.59 Å². The van der Waals surface area contributed by atoms with Crippen LogP contribution >= 0.6 is 0 Å². The van der Waals surface area contributed by atoms with Crippen molar-refractivity contribution < 1.29 is 28.7 Å². The van der Waals surface area contributed by atoms with Crippen molar-refractivity contribution in [2.24, 2.45) is 17.8 Å². The van der Waals surface area contributed by atoms with Crippen LogP contribution in [0.3, 0.4) is 0 Å². The van der Waals surface area contributed by atoms with E-state index in [0.29, 0.717) is 31.0 Å². The number of benzene rings is 3. The summed E-state index contributed by atoms with van der Waals surface area (Å²) in [5, 5.41) is 17.2. The van der Waals surface area contributed by atoms with E-state index in [-0.39, 0.29) is 36.1 Å². The molecule has 15 nitrogen and oxygen atoms in total. The molecule has 4 heterocycles. The Labute approximate surface area is 354 Å². The minimum atomic E-state index is -0.811. The molecule has 316 valence electrons. The molecule has 2 aliphatic rings. The van der Waals surface area contributed by atoms with Gasteiger partial charge in [-0.15, -0.1) is 0 Å². The van der Waals surface area contributed by atoms with Gasteiger partial charge in [-0.1, -0.05) is 82.8 Å². The molecule has 15 heteroatoms. The molecule has 0 saturated carbocycles. The molecule has 0 radical (unpaired) electrons. The molecular formula is C46H51N9O6. The van der Waals surface area contributed by atoms with Crippen LogP contribution in [0.2, 0.25) is 0 Å². The summed E-state index contributed by atoms with van der Waals surface area (Å²) in [6.45, 7) is 12.4. The Morgan fingerprint density at radius 2 is 1.26 bits per heavy atom. The topological polar surface area (TPSA) is 198 Å². The summed E-state index contributed by atoms with van der Waals surface area (Å²) in [7, 11) is 2.53. The number of aromatic nitrogens is 4. The average Bonchev–Trinajstić information content (AvgIpc) is 4.10. The number of methoxy groups -OCH3 is 2. The number of imidazole rings is 2. The molecule has 3 aromatic carbocycles. The fourth-order valence-electron chi connectivity index (χ4n) is 8.23. The molecule has 2 saturated heterocycles. The van der Waals surface area contributed by atoms with Crippen molar-refractivity contribution in [1.29, 1.82) is 5.26 Å². The second-order valence-corrected chi connectivity index (χ2v) is 16.3. The molecule has 61 heavy (non-hydrogen) atoms. The number of H-pyrrole nitrogens is 2. The van der Waals surface area contributed by atoms with Gasteiger partial charge in [0.05, 0.1) is 56.0 Å². The van der Waals surface area contributed by atoms with E-state index < -0.39 is 36.4 Å². The number of rotatable bonds is 11. The lowest BCUT2D eigenvalue weighted by Gasteiger charge is -2.30. The van der Waals surface area contributed by atoms with E-state index in [1.54, 1.807) is 22.2 Å². The fraction of sp³-hybridized carbons (Fsp3) is 0.370. The van der Waals surface area contributed by atoms with E-state index in [2.05, 4.69) is 80.7 Å². The first kappa shape index (κ1) is 42.2. The molecule has 0 unspecified atom stereocenters. The third-order valence-electron chi connectivity index (χ3n) is 11.7. The summed E-state index contributed by atoms with van der Waals surface area (Å²) in [5.41, 5.74) is 6.41. The molecule has 0 bridgehead atoms. The Morgan fingerprint density at radius 1 is 0.754 bits per heavy atom. The standard InChI is InChI=1S/C46H51N9O6/c1-25(2)38(52-45(58)60-6)43(56)54-17-16-27(5)40(54)42-49-23-36(51-42)34-15-14-32-19-31(12-13-33(32)20-34)29-8-10-30(11-9-29)35-22-48-41(50-35)37-18-28(21-47)24-55(37)44(57)39(26(3)4)53-46(59)61-7/h8-15,19-20,22-23,25-26,28,37-40H,5,16-18,24H2,1-4,6-7H3,(H,48,50)(H,49,51)(H,52,58)(H,53,59)/t28-,37+,38+,39+,40+/m1/s1. The van der Waals surface area contributed by atoms with Gasteiger partial charge in [0.15, 0.2) is 0 Å². The Hall–Kier alpha value is -6.95. The molecule has 0 aliphatic carbocycles. The third kappa shape index (κ3) is 8.70. The molecule has 7 rings (SSSR count). The van der Waals surface area contributed by atoms with Crippen molar-refractivity contribution in [3.05, 3.63) is 96.9 Å². The van der Waals surface area contributed by atoms with Gasteiger partial charge in [-0.05, 0) is 69.8 Å². The minimum Gasteiger partial charge on any atom is -0.453 e. The molecule has 4 amide bonds. The van der Waals surface area contributed by atoms with E-state index in [1.165, 1.54) is 14.2 Å². The fourth-order valence-corrected chi connectivity index (χ4v) is 8.23. The number of hydrogen-bond acceptors (Lipinski definition) is 9. The Kier molecular flexibility index (Phi) is 12.3. The predicted molar refractivity (Wildman–Crippen MR) is 229 cm³/mol. The quantitative estimate of drug-likeness (QED) is 0.0988. The maximum atomic E-state index is 13.7. The van der Waals surface area contributed by atoms with Crippen LogP contribution in [0.1, 0.15) is 64.3 Å². The van der Waals surface area contributed by atoms with Crippen molar-refractivity contribution >= 4 is 34.8 Å². The Bertz CT molecular complexity index is 2500. The zero-order valence-corrected chi connectivity index (χ0v) is 35.2. The van der Waals surface area contributed by atoms with Gasteiger partial charge in [-0.2, -0.15) is 5.26 Å². The highest BCUT2D eigenvalue weighted by Crippen LogP contribution is 2.38. The Morgan fingerprint density at radius 3 is 1.85 bits per heavy atom. The van der Waals surface area contributed by atoms with Crippen molar-refractivity contribution in [3.8, 4) is 39.7 Å². The van der Waals surface area contributed by atoms with E-state index in [9.17, 15) is 24.4 Å². The van der Waals surface area contributed by atoms with Gasteiger partial charge >= 0.3 is 12.2 Å². The van der Waals surface area contributed by atoms with E-state index >= 15 is 0 Å². The molecule has 5 aromatic rings. The van der Waals surface area contributed by atoms with Gasteiger partial charge in [0.1, 0.15) is 29.8 Å². The average molecular weight is 826 g/mol. The number of nitrogens with zero attached hydrogens (tertiary/aromatic N) is 5. The summed E-state index contributed by atoms with van der Waals surface area (Å²) in [6, 6.07) is 20.5. The first-order valence-electron chi connectivity index (χ1n) is 20.4. The molecule has 2 fully saturated rings. The van der Waals surface area contributed by atoms with E-state index in [4.69, 9.17) is 14.5 Å². The molecule has 2 aliphatic heterocycles. The number of carbonyl (C=O) groups excluding carboxylic acids is 4. The lowest BCUT2D eigenvalue weighted by atomic mass is 9.98. The highest BCUT2D eigenvalue weighted by atomic mass is 16.5. The largest absolute Gasteiger partial charge is 0.453 e. The number of hydrogen-bond donors (Lipinski definition) is 4.